The molecule has 0 amide bonds. The Labute approximate surface area is 226 Å². The summed E-state index contributed by atoms with van der Waals surface area (Å²) >= 11 is 14.1. The predicted molar refractivity (Wildman–Crippen MR) is 153 cm³/mol. The second-order valence-corrected chi connectivity index (χ2v) is 11.1. The Bertz CT molecular complexity index is 1160. The van der Waals surface area contributed by atoms with Crippen molar-refractivity contribution >= 4 is 86.5 Å². The Kier molecular flexibility index (Phi) is 6.82. The largest absolute Gasteiger partial charge is 0.398 e. The van der Waals surface area contributed by atoms with Crippen LogP contribution >= 0.6 is 63.7 Å². The summed E-state index contributed by atoms with van der Waals surface area (Å²) < 4.78 is 3.28. The van der Waals surface area contributed by atoms with Crippen molar-refractivity contribution in [3.63, 3.8) is 0 Å². The first kappa shape index (κ1) is 24.1. The number of hydrogen-bond acceptors (Lipinski definition) is 4. The van der Waals surface area contributed by atoms with Crippen LogP contribution in [0.1, 0.15) is 22.3 Å². The van der Waals surface area contributed by atoms with Gasteiger partial charge in [-0.05, 0) is 135 Å². The number of halogens is 4. The van der Waals surface area contributed by atoms with Crippen molar-refractivity contribution in [3.05, 3.63) is 113 Å². The molecular weight excluding hydrogens is 676 g/mol. The summed E-state index contributed by atoms with van der Waals surface area (Å²) in [6, 6.07) is 23.9. The van der Waals surface area contributed by atoms with Crippen molar-refractivity contribution < 1.29 is 0 Å². The van der Waals surface area contributed by atoms with Crippen molar-refractivity contribution in [2.75, 3.05) is 22.9 Å². The van der Waals surface area contributed by atoms with Gasteiger partial charge in [0.15, 0.2) is 0 Å². The first-order valence-corrected chi connectivity index (χ1v) is 13.0. The van der Waals surface area contributed by atoms with E-state index in [2.05, 4.69) is 88.0 Å². The van der Waals surface area contributed by atoms with E-state index in [4.69, 9.17) is 22.9 Å². The van der Waals surface area contributed by atoms with E-state index < -0.39 is 5.41 Å². The minimum atomic E-state index is -0.798. The Morgan fingerprint density at radius 3 is 0.788 bits per heavy atom. The van der Waals surface area contributed by atoms with Gasteiger partial charge in [-0.25, -0.2) is 0 Å². The van der Waals surface area contributed by atoms with E-state index in [0.717, 1.165) is 40.1 Å². The Hall–Kier alpha value is -2.00. The quantitative estimate of drug-likeness (QED) is 0.132. The standard InChI is InChI=1S/C25H20Br4N4/c26-17-5-1-13(9-21(17)30)25(14-2-6-18(27)22(31)10-14,15-3-7-19(28)23(32)11-15)16-4-8-20(29)24(33)12-16/h1-12H,30-33H2. The summed E-state index contributed by atoms with van der Waals surface area (Å²) in [4.78, 5) is 0. The molecule has 0 aliphatic heterocycles. The van der Waals surface area contributed by atoms with Crippen LogP contribution in [0.25, 0.3) is 0 Å². The third-order valence-electron chi connectivity index (χ3n) is 5.72. The molecule has 4 nitrogen and oxygen atoms in total. The van der Waals surface area contributed by atoms with Gasteiger partial charge in [0.2, 0.25) is 0 Å². The van der Waals surface area contributed by atoms with Crippen molar-refractivity contribution in [3.8, 4) is 0 Å². The molecule has 33 heavy (non-hydrogen) atoms. The van der Waals surface area contributed by atoms with Crippen molar-refractivity contribution in [2.45, 2.75) is 5.41 Å². The minimum absolute atomic E-state index is 0.622. The van der Waals surface area contributed by atoms with Crippen molar-refractivity contribution in [1.82, 2.24) is 0 Å². The molecule has 0 bridgehead atoms. The van der Waals surface area contributed by atoms with Gasteiger partial charge in [0, 0.05) is 40.6 Å². The van der Waals surface area contributed by atoms with E-state index in [1.54, 1.807) is 0 Å². The molecule has 168 valence electrons. The Morgan fingerprint density at radius 2 is 0.606 bits per heavy atom. The highest BCUT2D eigenvalue weighted by Gasteiger charge is 2.39. The first-order chi connectivity index (χ1) is 15.6. The lowest BCUT2D eigenvalue weighted by Crippen LogP contribution is -2.31. The maximum Gasteiger partial charge on any atom is 0.0704 e. The SMILES string of the molecule is Nc1cc(C(c2ccc(Br)c(N)c2)(c2ccc(Br)c(N)c2)c2ccc(Br)c(N)c2)ccc1Br. The second kappa shape index (κ2) is 9.33. The molecule has 0 aliphatic rings. The van der Waals surface area contributed by atoms with Crippen LogP contribution in [0.2, 0.25) is 0 Å². The number of hydrogen-bond donors (Lipinski definition) is 4. The number of nitrogens with two attached hydrogens (primary N) is 4. The molecule has 0 fully saturated rings. The monoisotopic (exact) mass is 692 g/mol. The fourth-order valence-corrected chi connectivity index (χ4v) is 5.09. The van der Waals surface area contributed by atoms with E-state index in [1.165, 1.54) is 0 Å². The van der Waals surface area contributed by atoms with E-state index in [1.807, 2.05) is 48.5 Å². The normalized spacial score (nSPS) is 11.5. The molecule has 0 saturated carbocycles. The summed E-state index contributed by atoms with van der Waals surface area (Å²) in [5, 5.41) is 0. The molecule has 4 aromatic carbocycles. The smallest absolute Gasteiger partial charge is 0.0704 e. The molecule has 0 atom stereocenters. The average Bonchev–Trinajstić information content (AvgIpc) is 2.78. The molecule has 0 aliphatic carbocycles. The van der Waals surface area contributed by atoms with Crippen LogP contribution in [0.3, 0.4) is 0 Å². The highest BCUT2D eigenvalue weighted by molar-refractivity contribution is 9.11. The van der Waals surface area contributed by atoms with E-state index in [0.29, 0.717) is 22.7 Å². The van der Waals surface area contributed by atoms with E-state index in [-0.39, 0.29) is 0 Å². The summed E-state index contributed by atoms with van der Waals surface area (Å²) in [5.41, 5.74) is 31.0. The highest BCUT2D eigenvalue weighted by Crippen LogP contribution is 2.49. The summed E-state index contributed by atoms with van der Waals surface area (Å²) in [7, 11) is 0. The molecule has 0 saturated heterocycles. The molecule has 4 aromatic rings. The summed E-state index contributed by atoms with van der Waals surface area (Å²) in [6.45, 7) is 0. The van der Waals surface area contributed by atoms with Gasteiger partial charge >= 0.3 is 0 Å². The van der Waals surface area contributed by atoms with E-state index >= 15 is 0 Å². The predicted octanol–water partition coefficient (Wildman–Crippen LogP) is 7.45. The van der Waals surface area contributed by atoms with Gasteiger partial charge < -0.3 is 22.9 Å². The zero-order valence-electron chi connectivity index (χ0n) is 17.2. The zero-order chi connectivity index (χ0) is 23.9. The molecule has 0 heterocycles. The van der Waals surface area contributed by atoms with Crippen molar-refractivity contribution in [1.29, 1.82) is 0 Å². The molecule has 0 aromatic heterocycles. The van der Waals surface area contributed by atoms with Crippen LogP contribution in [0.4, 0.5) is 22.7 Å². The number of nitrogen functional groups attached to an aromatic ring is 4. The lowest BCUT2D eigenvalue weighted by Gasteiger charge is -2.37. The Morgan fingerprint density at radius 1 is 0.394 bits per heavy atom. The van der Waals surface area contributed by atoms with Gasteiger partial charge in [-0.15, -0.1) is 0 Å². The molecule has 0 spiro atoms. The van der Waals surface area contributed by atoms with Crippen LogP contribution in [0.15, 0.2) is 90.7 Å². The fraction of sp³-hybridized carbons (Fsp3) is 0.0400. The average molecular weight is 696 g/mol. The topological polar surface area (TPSA) is 104 Å². The number of benzene rings is 4. The minimum Gasteiger partial charge on any atom is -0.398 e. The molecule has 0 unspecified atom stereocenters. The second-order valence-electron chi connectivity index (χ2n) is 7.70. The van der Waals surface area contributed by atoms with Crippen LogP contribution in [-0.2, 0) is 5.41 Å². The molecule has 8 N–H and O–H groups in total. The van der Waals surface area contributed by atoms with Crippen LogP contribution in [0, 0.1) is 0 Å². The van der Waals surface area contributed by atoms with Crippen LogP contribution < -0.4 is 22.9 Å². The van der Waals surface area contributed by atoms with Gasteiger partial charge in [-0.1, -0.05) is 24.3 Å². The first-order valence-electron chi connectivity index (χ1n) is 9.86. The summed E-state index contributed by atoms with van der Waals surface area (Å²) in [5.74, 6) is 0. The molecule has 4 rings (SSSR count). The lowest BCUT2D eigenvalue weighted by atomic mass is 9.65. The fourth-order valence-electron chi connectivity index (χ4n) is 4.11. The maximum absolute atomic E-state index is 6.37. The maximum atomic E-state index is 6.37. The number of anilines is 4. The zero-order valence-corrected chi connectivity index (χ0v) is 23.6. The van der Waals surface area contributed by atoms with E-state index in [9.17, 15) is 0 Å². The highest BCUT2D eigenvalue weighted by atomic mass is 79.9. The van der Waals surface area contributed by atoms with Gasteiger partial charge in [0.25, 0.3) is 0 Å². The van der Waals surface area contributed by atoms with Crippen molar-refractivity contribution in [2.24, 2.45) is 0 Å². The van der Waals surface area contributed by atoms with Gasteiger partial charge in [0.1, 0.15) is 0 Å². The third kappa shape index (κ3) is 4.30. The molecule has 0 radical (unpaired) electrons. The third-order valence-corrected chi connectivity index (χ3v) is 8.60. The Balaban J connectivity index is 2.21. The van der Waals surface area contributed by atoms with Gasteiger partial charge in [0.05, 0.1) is 5.41 Å². The van der Waals surface area contributed by atoms with Crippen LogP contribution in [-0.4, -0.2) is 0 Å². The van der Waals surface area contributed by atoms with Crippen LogP contribution in [0.5, 0.6) is 0 Å². The van der Waals surface area contributed by atoms with Gasteiger partial charge in [-0.2, -0.15) is 0 Å². The molecular formula is C25H20Br4N4. The lowest BCUT2D eigenvalue weighted by molar-refractivity contribution is 0.746. The number of rotatable bonds is 4. The molecule has 8 heteroatoms. The summed E-state index contributed by atoms with van der Waals surface area (Å²) in [6.07, 6.45) is 0. The van der Waals surface area contributed by atoms with Gasteiger partial charge in [-0.3, -0.25) is 0 Å².